The maximum absolute atomic E-state index is 5.69. The van der Waals surface area contributed by atoms with Crippen LogP contribution >= 0.6 is 27.5 Å². The third kappa shape index (κ3) is 1.81. The van der Waals surface area contributed by atoms with Gasteiger partial charge >= 0.3 is 0 Å². The standard InChI is InChI=1S/C9H6BrClN2O/c10-7-3-1-2-6(4-7)9-8(5-11)12-14-13-9/h1-4H,5H2. The molecule has 0 aliphatic rings. The first kappa shape index (κ1) is 9.68. The Labute approximate surface area is 94.2 Å². The summed E-state index contributed by atoms with van der Waals surface area (Å²) in [4.78, 5) is 0. The predicted octanol–water partition coefficient (Wildman–Crippen LogP) is 3.24. The normalized spacial score (nSPS) is 10.4. The molecule has 2 rings (SSSR count). The highest BCUT2D eigenvalue weighted by molar-refractivity contribution is 9.10. The third-order valence-corrected chi connectivity index (χ3v) is 2.53. The molecule has 0 atom stereocenters. The second-order valence-corrected chi connectivity index (χ2v) is 3.89. The van der Waals surface area contributed by atoms with Gasteiger partial charge in [0.05, 0.1) is 5.88 Å². The lowest BCUT2D eigenvalue weighted by molar-refractivity contribution is 0.305. The van der Waals surface area contributed by atoms with Gasteiger partial charge in [0, 0.05) is 10.0 Å². The van der Waals surface area contributed by atoms with E-state index in [2.05, 4.69) is 30.9 Å². The van der Waals surface area contributed by atoms with Crippen LogP contribution in [0.5, 0.6) is 0 Å². The Kier molecular flexibility index (Phi) is 2.84. The molecule has 0 bridgehead atoms. The largest absolute Gasteiger partial charge is 0.244 e. The molecule has 3 nitrogen and oxygen atoms in total. The van der Waals surface area contributed by atoms with Crippen LogP contribution in [0, 0.1) is 0 Å². The fourth-order valence-electron chi connectivity index (χ4n) is 1.15. The van der Waals surface area contributed by atoms with E-state index < -0.39 is 0 Å². The smallest absolute Gasteiger partial charge is 0.139 e. The molecule has 14 heavy (non-hydrogen) atoms. The van der Waals surface area contributed by atoms with Gasteiger partial charge in [-0.1, -0.05) is 33.2 Å². The fraction of sp³-hybridized carbons (Fsp3) is 0.111. The minimum atomic E-state index is 0.297. The molecular formula is C9H6BrClN2O. The quantitative estimate of drug-likeness (QED) is 0.789. The van der Waals surface area contributed by atoms with Crippen LogP contribution in [0.25, 0.3) is 11.3 Å². The number of aromatic nitrogens is 2. The predicted molar refractivity (Wildman–Crippen MR) is 57.0 cm³/mol. The first-order chi connectivity index (χ1) is 6.81. The summed E-state index contributed by atoms with van der Waals surface area (Å²) in [6.07, 6.45) is 0. The van der Waals surface area contributed by atoms with Crippen molar-refractivity contribution < 1.29 is 4.63 Å². The van der Waals surface area contributed by atoms with Crippen LogP contribution in [-0.4, -0.2) is 10.3 Å². The van der Waals surface area contributed by atoms with Gasteiger partial charge < -0.3 is 0 Å². The summed E-state index contributed by atoms with van der Waals surface area (Å²) >= 11 is 9.07. The van der Waals surface area contributed by atoms with Crippen molar-refractivity contribution in [1.82, 2.24) is 10.3 Å². The molecule has 5 heteroatoms. The molecular weight excluding hydrogens is 267 g/mol. The molecule has 0 N–H and O–H groups in total. The van der Waals surface area contributed by atoms with Crippen molar-refractivity contribution in [3.8, 4) is 11.3 Å². The van der Waals surface area contributed by atoms with Gasteiger partial charge in [-0.2, -0.15) is 0 Å². The Hall–Kier alpha value is -0.870. The van der Waals surface area contributed by atoms with Crippen LogP contribution in [-0.2, 0) is 5.88 Å². The topological polar surface area (TPSA) is 38.9 Å². The summed E-state index contributed by atoms with van der Waals surface area (Å²) < 4.78 is 5.62. The Balaban J connectivity index is 2.49. The van der Waals surface area contributed by atoms with Gasteiger partial charge in [0.15, 0.2) is 0 Å². The molecule has 1 aromatic heterocycles. The van der Waals surface area contributed by atoms with Crippen molar-refractivity contribution in [2.75, 3.05) is 0 Å². The van der Waals surface area contributed by atoms with Gasteiger partial charge in [-0.15, -0.1) is 11.6 Å². The zero-order valence-electron chi connectivity index (χ0n) is 7.08. The van der Waals surface area contributed by atoms with E-state index in [4.69, 9.17) is 11.6 Å². The summed E-state index contributed by atoms with van der Waals surface area (Å²) in [7, 11) is 0. The Morgan fingerprint density at radius 2 is 2.21 bits per heavy atom. The average molecular weight is 274 g/mol. The molecule has 2 aromatic rings. The number of hydrogen-bond donors (Lipinski definition) is 0. The van der Waals surface area contributed by atoms with E-state index in [9.17, 15) is 0 Å². The Morgan fingerprint density at radius 1 is 1.36 bits per heavy atom. The fourth-order valence-corrected chi connectivity index (χ4v) is 1.72. The van der Waals surface area contributed by atoms with Crippen LogP contribution in [0.3, 0.4) is 0 Å². The molecule has 0 saturated carbocycles. The molecule has 0 unspecified atom stereocenters. The Morgan fingerprint density at radius 3 is 2.93 bits per heavy atom. The van der Waals surface area contributed by atoms with Gasteiger partial charge in [-0.25, -0.2) is 4.63 Å². The monoisotopic (exact) mass is 272 g/mol. The van der Waals surface area contributed by atoms with E-state index in [0.29, 0.717) is 17.3 Å². The molecule has 0 fully saturated rings. The van der Waals surface area contributed by atoms with Crippen LogP contribution in [0.1, 0.15) is 5.69 Å². The number of rotatable bonds is 2. The molecule has 0 radical (unpaired) electrons. The van der Waals surface area contributed by atoms with Crippen LogP contribution in [0.4, 0.5) is 0 Å². The molecule has 1 heterocycles. The van der Waals surface area contributed by atoms with Crippen molar-refractivity contribution in [3.05, 3.63) is 34.4 Å². The summed E-state index contributed by atoms with van der Waals surface area (Å²) in [5.41, 5.74) is 2.29. The van der Waals surface area contributed by atoms with Crippen LogP contribution in [0.15, 0.2) is 33.4 Å². The lowest BCUT2D eigenvalue weighted by Gasteiger charge is -1.97. The second-order valence-electron chi connectivity index (χ2n) is 2.70. The van der Waals surface area contributed by atoms with Crippen molar-refractivity contribution in [3.63, 3.8) is 0 Å². The van der Waals surface area contributed by atoms with Gasteiger partial charge in [0.1, 0.15) is 11.4 Å². The van der Waals surface area contributed by atoms with Crippen LogP contribution < -0.4 is 0 Å². The van der Waals surface area contributed by atoms with Gasteiger partial charge in [0.25, 0.3) is 0 Å². The highest BCUT2D eigenvalue weighted by Gasteiger charge is 2.10. The minimum absolute atomic E-state index is 0.297. The number of benzene rings is 1. The SMILES string of the molecule is ClCc1nonc1-c1cccc(Br)c1. The van der Waals surface area contributed by atoms with Crippen molar-refractivity contribution in [2.24, 2.45) is 0 Å². The third-order valence-electron chi connectivity index (χ3n) is 1.78. The minimum Gasteiger partial charge on any atom is -0.244 e. The molecule has 0 amide bonds. The second kappa shape index (κ2) is 4.11. The first-order valence-electron chi connectivity index (χ1n) is 3.94. The lowest BCUT2D eigenvalue weighted by atomic mass is 10.1. The van der Waals surface area contributed by atoms with Gasteiger partial charge in [-0.05, 0) is 17.3 Å². The number of alkyl halides is 1. The maximum Gasteiger partial charge on any atom is 0.139 e. The van der Waals surface area contributed by atoms with E-state index in [1.54, 1.807) is 0 Å². The van der Waals surface area contributed by atoms with E-state index in [0.717, 1.165) is 10.0 Å². The number of nitrogens with zero attached hydrogens (tertiary/aromatic N) is 2. The maximum atomic E-state index is 5.69. The highest BCUT2D eigenvalue weighted by Crippen LogP contribution is 2.24. The molecule has 1 aromatic carbocycles. The van der Waals surface area contributed by atoms with E-state index in [1.807, 2.05) is 24.3 Å². The molecule has 0 aliphatic carbocycles. The van der Waals surface area contributed by atoms with Gasteiger partial charge in [0.2, 0.25) is 0 Å². The molecule has 72 valence electrons. The zero-order chi connectivity index (χ0) is 9.97. The molecule has 0 saturated heterocycles. The molecule has 0 aliphatic heterocycles. The van der Waals surface area contributed by atoms with E-state index in [-0.39, 0.29) is 0 Å². The zero-order valence-corrected chi connectivity index (χ0v) is 9.42. The van der Waals surface area contributed by atoms with Gasteiger partial charge in [-0.3, -0.25) is 0 Å². The number of hydrogen-bond acceptors (Lipinski definition) is 3. The first-order valence-corrected chi connectivity index (χ1v) is 5.27. The van der Waals surface area contributed by atoms with Crippen molar-refractivity contribution in [1.29, 1.82) is 0 Å². The highest BCUT2D eigenvalue weighted by atomic mass is 79.9. The summed E-state index contributed by atoms with van der Waals surface area (Å²) in [5, 5.41) is 7.51. The number of halogens is 2. The lowest BCUT2D eigenvalue weighted by Crippen LogP contribution is -1.84. The summed E-state index contributed by atoms with van der Waals surface area (Å²) in [6, 6.07) is 7.74. The van der Waals surface area contributed by atoms with Crippen molar-refractivity contribution in [2.45, 2.75) is 5.88 Å². The van der Waals surface area contributed by atoms with E-state index in [1.165, 1.54) is 0 Å². The van der Waals surface area contributed by atoms with E-state index >= 15 is 0 Å². The Bertz CT molecular complexity index is 444. The van der Waals surface area contributed by atoms with Crippen molar-refractivity contribution >= 4 is 27.5 Å². The van der Waals surface area contributed by atoms with Crippen LogP contribution in [0.2, 0.25) is 0 Å². The average Bonchev–Trinajstić information content (AvgIpc) is 2.65. The molecule has 0 spiro atoms. The summed E-state index contributed by atoms with van der Waals surface area (Å²) in [6.45, 7) is 0. The summed E-state index contributed by atoms with van der Waals surface area (Å²) in [5.74, 6) is 0.297.